The summed E-state index contributed by atoms with van der Waals surface area (Å²) < 4.78 is 18.4. The summed E-state index contributed by atoms with van der Waals surface area (Å²) in [6, 6.07) is -1.03. The molecule has 0 saturated heterocycles. The van der Waals surface area contributed by atoms with E-state index < -0.39 is 35.0 Å². The van der Waals surface area contributed by atoms with Crippen LogP contribution in [0.15, 0.2) is 50.8 Å². The van der Waals surface area contributed by atoms with Crippen LogP contribution >= 0.6 is 0 Å². The Hall–Kier alpha value is -6.15. The molecule has 1 heterocycles. The minimum absolute atomic E-state index is 0.0563. The maximum Gasteiger partial charge on any atom is 0.336 e. The van der Waals surface area contributed by atoms with Crippen molar-refractivity contribution in [1.29, 1.82) is 0 Å². The van der Waals surface area contributed by atoms with Gasteiger partial charge in [-0.3, -0.25) is 0 Å². The van der Waals surface area contributed by atoms with Gasteiger partial charge in [0.05, 0.1) is 19.6 Å². The first-order valence-electron chi connectivity index (χ1n) is 24.5. The fourth-order valence-electron chi connectivity index (χ4n) is 6.65. The number of nitrogens with one attached hydrogen (secondary N) is 6. The molecule has 69 heavy (non-hydrogen) atoms. The van der Waals surface area contributed by atoms with Crippen molar-refractivity contribution in [2.24, 2.45) is 0 Å². The number of amides is 6. The van der Waals surface area contributed by atoms with Gasteiger partial charge in [0.15, 0.2) is 0 Å². The summed E-state index contributed by atoms with van der Waals surface area (Å²) in [5.74, 6) is -1.51. The van der Waals surface area contributed by atoms with E-state index in [1.54, 1.807) is 20.8 Å². The second-order valence-electron chi connectivity index (χ2n) is 17.0. The van der Waals surface area contributed by atoms with Crippen LogP contribution in [0.3, 0.4) is 0 Å². The molecule has 0 spiro atoms. The third kappa shape index (κ3) is 29.4. The summed E-state index contributed by atoms with van der Waals surface area (Å²) in [4.78, 5) is 111. The Morgan fingerprint density at radius 2 is 0.551 bits per heavy atom. The number of urea groups is 3. The van der Waals surface area contributed by atoms with E-state index in [1.807, 2.05) is 0 Å². The van der Waals surface area contributed by atoms with E-state index in [0.717, 1.165) is 96.3 Å². The average molecular weight is 976 g/mol. The number of unbranched alkanes of at least 4 members (excludes halogenated alkanes) is 15. The number of esters is 3. The van der Waals surface area contributed by atoms with E-state index >= 15 is 0 Å². The van der Waals surface area contributed by atoms with Crippen LogP contribution in [-0.2, 0) is 48.2 Å². The summed E-state index contributed by atoms with van der Waals surface area (Å²) in [5, 5.41) is 16.2. The number of hydrogen-bond acceptors (Lipinski definition) is 12. The van der Waals surface area contributed by atoms with Gasteiger partial charge >= 0.3 is 53.1 Å². The van der Waals surface area contributed by atoms with Crippen LogP contribution in [0.25, 0.3) is 0 Å². The van der Waals surface area contributed by atoms with Gasteiger partial charge in [0.2, 0.25) is 0 Å². The summed E-state index contributed by atoms with van der Waals surface area (Å²) in [6.07, 6.45) is 14.4. The van der Waals surface area contributed by atoms with Crippen molar-refractivity contribution in [3.05, 3.63) is 67.9 Å². The minimum Gasteiger partial charge on any atom is -0.460 e. The molecule has 0 fully saturated rings. The van der Waals surface area contributed by atoms with Gasteiger partial charge in [0.25, 0.3) is 0 Å². The number of carbonyl (C=O) groups excluding carboxylic acids is 6. The zero-order valence-corrected chi connectivity index (χ0v) is 41.6. The molecule has 0 saturated carbocycles. The predicted octanol–water partition coefficient (Wildman–Crippen LogP) is 4.45. The fourth-order valence-corrected chi connectivity index (χ4v) is 6.65. The van der Waals surface area contributed by atoms with Gasteiger partial charge in [-0.2, -0.15) is 0 Å². The first-order valence-corrected chi connectivity index (χ1v) is 24.5. The molecule has 0 atom stereocenters. The summed E-state index contributed by atoms with van der Waals surface area (Å²) in [6.45, 7) is 18.0. The van der Waals surface area contributed by atoms with E-state index in [-0.39, 0.29) is 77.2 Å². The molecule has 6 amide bonds. The molecule has 0 unspecified atom stereocenters. The molecule has 6 N–H and O–H groups in total. The number of nitrogens with zero attached hydrogens (tertiary/aromatic N) is 3. The van der Waals surface area contributed by atoms with Gasteiger partial charge in [-0.25, -0.2) is 56.9 Å². The summed E-state index contributed by atoms with van der Waals surface area (Å²) >= 11 is 0. The number of rotatable bonds is 39. The van der Waals surface area contributed by atoms with E-state index in [1.165, 1.54) is 13.7 Å². The molecule has 0 bridgehead atoms. The summed E-state index contributed by atoms with van der Waals surface area (Å²) in [5.41, 5.74) is -0.900. The average Bonchev–Trinajstić information content (AvgIpc) is 3.31. The molecule has 0 radical (unpaired) electrons. The number of aromatic nitrogens is 3. The molecule has 1 aromatic rings. The standard InChI is InChI=1S/C48H81N9O12/c1-37(2)40(58)67-34-28-52-43(61)49-25-19-13-7-10-16-22-31-55-46(64)56(32-23-17-11-8-14-20-26-50-44(62)53-29-35-68-41(59)38(3)4)48(66)57(47(55)65)33-24-18-12-9-15-21-27-51-45(63)54-30-36-69-42(60)39(5)6/h1,3,5,7-36H2,2,4,6H3,(H2,49,52,61)(H2,50,53,62)(H2,51,54,63). The largest absolute Gasteiger partial charge is 0.460 e. The fraction of sp³-hybridized carbons (Fsp3) is 0.688. The molecule has 0 aliphatic heterocycles. The molecule has 390 valence electrons. The maximum absolute atomic E-state index is 13.6. The van der Waals surface area contributed by atoms with Gasteiger partial charge in [0, 0.05) is 56.0 Å². The third-order valence-electron chi connectivity index (χ3n) is 10.6. The lowest BCUT2D eigenvalue weighted by Crippen LogP contribution is -2.54. The number of ether oxygens (including phenoxy) is 3. The molecule has 0 aliphatic carbocycles. The van der Waals surface area contributed by atoms with Crippen LogP contribution in [0.1, 0.15) is 136 Å². The molecular weight excluding hydrogens is 895 g/mol. The van der Waals surface area contributed by atoms with E-state index in [2.05, 4.69) is 51.6 Å². The van der Waals surface area contributed by atoms with Gasteiger partial charge in [0.1, 0.15) is 19.8 Å². The van der Waals surface area contributed by atoms with E-state index in [0.29, 0.717) is 55.6 Å². The lowest BCUT2D eigenvalue weighted by molar-refractivity contribution is -0.139. The van der Waals surface area contributed by atoms with Crippen LogP contribution in [-0.4, -0.2) is 109 Å². The topological polar surface area (TPSA) is 268 Å². The summed E-state index contributed by atoms with van der Waals surface area (Å²) in [7, 11) is 0. The van der Waals surface area contributed by atoms with Gasteiger partial charge in [-0.15, -0.1) is 0 Å². The quantitative estimate of drug-likeness (QED) is 0.0231. The highest BCUT2D eigenvalue weighted by Crippen LogP contribution is 2.08. The van der Waals surface area contributed by atoms with E-state index in [9.17, 15) is 43.2 Å². The highest BCUT2D eigenvalue weighted by molar-refractivity contribution is 5.87. The van der Waals surface area contributed by atoms with Crippen molar-refractivity contribution in [1.82, 2.24) is 45.6 Å². The normalized spacial score (nSPS) is 10.7. The van der Waals surface area contributed by atoms with Crippen molar-refractivity contribution in [2.45, 2.75) is 156 Å². The van der Waals surface area contributed by atoms with Crippen LogP contribution in [0.2, 0.25) is 0 Å². The van der Waals surface area contributed by atoms with Crippen LogP contribution in [0.5, 0.6) is 0 Å². The van der Waals surface area contributed by atoms with Crippen molar-refractivity contribution in [2.75, 3.05) is 59.1 Å². The molecular formula is C48H81N9O12. The Labute approximate surface area is 406 Å². The Morgan fingerprint density at radius 3 is 0.783 bits per heavy atom. The highest BCUT2D eigenvalue weighted by Gasteiger charge is 2.16. The second kappa shape index (κ2) is 37.8. The van der Waals surface area contributed by atoms with Crippen molar-refractivity contribution >= 4 is 36.0 Å². The molecule has 1 aromatic heterocycles. The first-order chi connectivity index (χ1) is 33.1. The minimum atomic E-state index is -0.591. The Kier molecular flexibility index (Phi) is 33.3. The molecule has 0 aliphatic rings. The van der Waals surface area contributed by atoms with Crippen molar-refractivity contribution < 1.29 is 43.0 Å². The SMILES string of the molecule is C=C(C)C(=O)OCCNC(=O)NCCCCCCCCn1c(=O)n(CCCCCCCCNC(=O)NCCOC(=O)C(=C)C)c(=O)n(CCCCCCCCNC(=O)NCCOC(=O)C(=C)C)c1=O. The Balaban J connectivity index is 2.60. The van der Waals surface area contributed by atoms with Crippen LogP contribution in [0, 0.1) is 0 Å². The van der Waals surface area contributed by atoms with Gasteiger partial charge in [-0.05, 0) is 59.3 Å². The zero-order valence-electron chi connectivity index (χ0n) is 41.6. The van der Waals surface area contributed by atoms with E-state index in [4.69, 9.17) is 14.2 Å². The van der Waals surface area contributed by atoms with Crippen LogP contribution in [0.4, 0.5) is 14.4 Å². The molecule has 1 rings (SSSR count). The molecule has 0 aromatic carbocycles. The Bertz CT molecular complexity index is 1730. The maximum atomic E-state index is 13.6. The van der Waals surface area contributed by atoms with Crippen LogP contribution < -0.4 is 49.0 Å². The smallest absolute Gasteiger partial charge is 0.336 e. The zero-order chi connectivity index (χ0) is 51.2. The number of carbonyl (C=O) groups is 6. The van der Waals surface area contributed by atoms with Gasteiger partial charge in [-0.1, -0.05) is 96.8 Å². The monoisotopic (exact) mass is 976 g/mol. The third-order valence-corrected chi connectivity index (χ3v) is 10.6. The highest BCUT2D eigenvalue weighted by atomic mass is 16.5. The lowest BCUT2D eigenvalue weighted by Gasteiger charge is -2.14. The first kappa shape index (κ1) is 60.9. The van der Waals surface area contributed by atoms with Crippen molar-refractivity contribution in [3.63, 3.8) is 0 Å². The van der Waals surface area contributed by atoms with Gasteiger partial charge < -0.3 is 46.1 Å². The molecule has 21 heteroatoms. The predicted molar refractivity (Wildman–Crippen MR) is 264 cm³/mol. The number of hydrogen-bond donors (Lipinski definition) is 6. The molecule has 21 nitrogen and oxygen atoms in total. The Morgan fingerprint density at radius 1 is 0.348 bits per heavy atom. The lowest BCUT2D eigenvalue weighted by atomic mass is 10.1. The second-order valence-corrected chi connectivity index (χ2v) is 17.0. The van der Waals surface area contributed by atoms with Crippen molar-refractivity contribution in [3.8, 4) is 0 Å².